The molecule has 29 heavy (non-hydrogen) atoms. The number of carbonyl (C=O) groups excluding carboxylic acids is 2. The van der Waals surface area contributed by atoms with Gasteiger partial charge in [-0.1, -0.05) is 49.4 Å². The van der Waals surface area contributed by atoms with E-state index in [1.165, 1.54) is 0 Å². The van der Waals surface area contributed by atoms with Gasteiger partial charge in [0.2, 0.25) is 5.91 Å². The number of amides is 2. The molecule has 0 bridgehead atoms. The van der Waals surface area contributed by atoms with E-state index in [9.17, 15) is 9.59 Å². The maximum Gasteiger partial charge on any atom is 0.261 e. The lowest BCUT2D eigenvalue weighted by molar-refractivity contribution is -0.118. The molecule has 0 aliphatic heterocycles. The van der Waals surface area contributed by atoms with Crippen LogP contribution in [-0.2, 0) is 11.2 Å². The number of nitrogens with zero attached hydrogens (tertiary/aromatic N) is 1. The van der Waals surface area contributed by atoms with Crippen LogP contribution in [0.5, 0.6) is 5.75 Å². The van der Waals surface area contributed by atoms with Crippen LogP contribution in [0.15, 0.2) is 54.6 Å². The van der Waals surface area contributed by atoms with Gasteiger partial charge in [0.1, 0.15) is 5.75 Å². The van der Waals surface area contributed by atoms with E-state index in [0.717, 1.165) is 18.4 Å². The Kier molecular flexibility index (Phi) is 9.11. The van der Waals surface area contributed by atoms with Gasteiger partial charge in [0.25, 0.3) is 5.91 Å². The number of para-hydroxylation sites is 1. The van der Waals surface area contributed by atoms with Crippen molar-refractivity contribution < 1.29 is 14.3 Å². The van der Waals surface area contributed by atoms with E-state index in [1.54, 1.807) is 23.1 Å². The summed E-state index contributed by atoms with van der Waals surface area (Å²) in [6.45, 7) is 3.43. The maximum absolute atomic E-state index is 12.8. The first-order chi connectivity index (χ1) is 14.0. The Balaban J connectivity index is 2.05. The number of rotatable bonds is 10. The molecule has 0 unspecified atom stereocenters. The molecule has 0 saturated carbocycles. The van der Waals surface area contributed by atoms with Crippen LogP contribution >= 0.6 is 12.2 Å². The molecule has 0 aliphatic carbocycles. The minimum Gasteiger partial charge on any atom is -0.493 e. The molecule has 0 saturated heterocycles. The third-order valence-electron chi connectivity index (χ3n) is 4.24. The van der Waals surface area contributed by atoms with Crippen LogP contribution in [-0.4, -0.2) is 41.5 Å². The van der Waals surface area contributed by atoms with Crippen molar-refractivity contribution in [3.05, 3.63) is 65.7 Å². The van der Waals surface area contributed by atoms with E-state index in [1.807, 2.05) is 43.3 Å². The number of nitrogens with two attached hydrogens (primary N) is 1. The van der Waals surface area contributed by atoms with Gasteiger partial charge in [-0.25, -0.2) is 0 Å². The van der Waals surface area contributed by atoms with Crippen molar-refractivity contribution in [2.24, 2.45) is 5.73 Å². The minimum absolute atomic E-state index is 0.154. The summed E-state index contributed by atoms with van der Waals surface area (Å²) < 4.78 is 5.65. The Labute approximate surface area is 177 Å². The number of primary amides is 1. The first-order valence-corrected chi connectivity index (χ1v) is 10.1. The quantitative estimate of drug-likeness (QED) is 0.585. The van der Waals surface area contributed by atoms with Gasteiger partial charge >= 0.3 is 0 Å². The van der Waals surface area contributed by atoms with Crippen molar-refractivity contribution in [1.29, 1.82) is 0 Å². The van der Waals surface area contributed by atoms with Crippen LogP contribution in [0.25, 0.3) is 0 Å². The van der Waals surface area contributed by atoms with Crippen molar-refractivity contribution in [2.45, 2.75) is 26.2 Å². The second-order valence-corrected chi connectivity index (χ2v) is 6.93. The van der Waals surface area contributed by atoms with Gasteiger partial charge in [-0.05, 0) is 42.8 Å². The average molecular weight is 414 g/mol. The zero-order valence-electron chi connectivity index (χ0n) is 16.6. The maximum atomic E-state index is 12.8. The molecule has 0 aromatic heterocycles. The van der Waals surface area contributed by atoms with Crippen molar-refractivity contribution >= 4 is 29.1 Å². The number of thiocarbonyl (C=S) groups is 1. The van der Waals surface area contributed by atoms with E-state index in [0.29, 0.717) is 31.0 Å². The van der Waals surface area contributed by atoms with Gasteiger partial charge < -0.3 is 15.4 Å². The fraction of sp³-hybridized carbons (Fsp3) is 0.318. The molecule has 154 valence electrons. The number of benzene rings is 2. The minimum atomic E-state index is -0.415. The van der Waals surface area contributed by atoms with Crippen LogP contribution in [0.1, 0.15) is 35.7 Å². The average Bonchev–Trinajstić information content (AvgIpc) is 2.72. The summed E-state index contributed by atoms with van der Waals surface area (Å²) in [5.74, 6) is -0.241. The topological polar surface area (TPSA) is 84.7 Å². The van der Waals surface area contributed by atoms with Crippen LogP contribution in [0, 0.1) is 0 Å². The Morgan fingerprint density at radius 2 is 1.76 bits per heavy atom. The summed E-state index contributed by atoms with van der Waals surface area (Å²) in [4.78, 5) is 25.8. The fourth-order valence-electron chi connectivity index (χ4n) is 2.70. The predicted octanol–water partition coefficient (Wildman–Crippen LogP) is 2.91. The first-order valence-electron chi connectivity index (χ1n) is 9.65. The van der Waals surface area contributed by atoms with Gasteiger partial charge in [-0.2, -0.15) is 0 Å². The third kappa shape index (κ3) is 7.54. The van der Waals surface area contributed by atoms with Crippen molar-refractivity contribution in [1.82, 2.24) is 10.2 Å². The summed E-state index contributed by atoms with van der Waals surface area (Å²) in [7, 11) is 0. The van der Waals surface area contributed by atoms with Gasteiger partial charge in [0, 0.05) is 19.5 Å². The molecule has 2 amide bonds. The number of hydrogen-bond acceptors (Lipinski definition) is 4. The van der Waals surface area contributed by atoms with E-state index in [-0.39, 0.29) is 17.4 Å². The van der Waals surface area contributed by atoms with Crippen molar-refractivity contribution in [2.75, 3.05) is 19.7 Å². The van der Waals surface area contributed by atoms with Gasteiger partial charge in [-0.3, -0.25) is 14.9 Å². The molecule has 2 aromatic rings. The Morgan fingerprint density at radius 1 is 1.07 bits per heavy atom. The summed E-state index contributed by atoms with van der Waals surface area (Å²) in [5, 5.41) is 3.02. The molecular formula is C22H27N3O3S. The molecule has 0 atom stereocenters. The normalized spacial score (nSPS) is 10.2. The van der Waals surface area contributed by atoms with Crippen molar-refractivity contribution in [3.8, 4) is 5.75 Å². The lowest BCUT2D eigenvalue weighted by atomic mass is 10.1. The molecule has 0 heterocycles. The highest BCUT2D eigenvalue weighted by atomic mass is 32.1. The molecule has 0 radical (unpaired) electrons. The molecule has 6 nitrogen and oxygen atoms in total. The monoisotopic (exact) mass is 413 g/mol. The highest BCUT2D eigenvalue weighted by Gasteiger charge is 2.17. The second-order valence-electron chi connectivity index (χ2n) is 6.54. The summed E-state index contributed by atoms with van der Waals surface area (Å²) in [6.07, 6.45) is 1.72. The van der Waals surface area contributed by atoms with E-state index in [4.69, 9.17) is 22.7 Å². The van der Waals surface area contributed by atoms with Crippen LogP contribution < -0.4 is 15.8 Å². The Morgan fingerprint density at radius 3 is 2.45 bits per heavy atom. The lowest BCUT2D eigenvalue weighted by Gasteiger charge is -2.25. The van der Waals surface area contributed by atoms with Crippen LogP contribution in [0.4, 0.5) is 0 Å². The molecule has 3 N–H and O–H groups in total. The molecule has 0 spiro atoms. The van der Waals surface area contributed by atoms with E-state index in [2.05, 4.69) is 5.32 Å². The molecule has 0 aliphatic rings. The molecule has 2 aromatic carbocycles. The predicted molar refractivity (Wildman–Crippen MR) is 118 cm³/mol. The van der Waals surface area contributed by atoms with Gasteiger partial charge in [-0.15, -0.1) is 0 Å². The third-order valence-corrected chi connectivity index (χ3v) is 4.60. The zero-order chi connectivity index (χ0) is 21.1. The van der Waals surface area contributed by atoms with Gasteiger partial charge in [0.05, 0.1) is 12.2 Å². The number of ether oxygens (including phenoxy) is 1. The zero-order valence-corrected chi connectivity index (χ0v) is 17.4. The molecule has 7 heteroatoms. The number of nitrogens with one attached hydrogen (secondary N) is 1. The fourth-order valence-corrected chi connectivity index (χ4v) is 2.98. The van der Waals surface area contributed by atoms with E-state index < -0.39 is 5.91 Å². The highest BCUT2D eigenvalue weighted by molar-refractivity contribution is 7.80. The summed E-state index contributed by atoms with van der Waals surface area (Å²) in [6, 6.07) is 17.0. The highest BCUT2D eigenvalue weighted by Crippen LogP contribution is 2.18. The van der Waals surface area contributed by atoms with Crippen LogP contribution in [0.2, 0.25) is 0 Å². The molecular weight excluding hydrogens is 386 g/mol. The SMILES string of the molecule is CCCOc1ccccc1C(=O)NC(=S)N(CCC(N)=O)CCc1ccccc1. The molecule has 0 fully saturated rings. The standard InChI is InChI=1S/C22H27N3O3S/c1-2-16-28-19-11-7-6-10-18(19)21(27)24-22(29)25(15-13-20(23)26)14-12-17-8-4-3-5-9-17/h3-11H,2,12-16H2,1H3,(H2,23,26)(H,24,27,29). The lowest BCUT2D eigenvalue weighted by Crippen LogP contribution is -2.44. The molecule has 2 rings (SSSR count). The van der Waals surface area contributed by atoms with Gasteiger partial charge in [0.15, 0.2) is 5.11 Å². The second kappa shape index (κ2) is 11.8. The Bertz CT molecular complexity index is 827. The summed E-state index contributed by atoms with van der Waals surface area (Å²) in [5.41, 5.74) is 6.85. The van der Waals surface area contributed by atoms with Crippen LogP contribution in [0.3, 0.4) is 0 Å². The Hall–Kier alpha value is -2.93. The van der Waals surface area contributed by atoms with Crippen molar-refractivity contribution in [3.63, 3.8) is 0 Å². The number of carbonyl (C=O) groups is 2. The number of hydrogen-bond donors (Lipinski definition) is 2. The van der Waals surface area contributed by atoms with E-state index >= 15 is 0 Å². The largest absolute Gasteiger partial charge is 0.493 e. The smallest absolute Gasteiger partial charge is 0.261 e. The first kappa shape index (κ1) is 22.4. The summed E-state index contributed by atoms with van der Waals surface area (Å²) >= 11 is 5.45.